The van der Waals surface area contributed by atoms with Gasteiger partial charge in [0.25, 0.3) is 5.91 Å². The number of anilines is 1. The Kier molecular flexibility index (Phi) is 6.05. The molecule has 0 spiro atoms. The maximum absolute atomic E-state index is 13.6. The van der Waals surface area contributed by atoms with E-state index in [1.807, 2.05) is 57.2 Å². The van der Waals surface area contributed by atoms with E-state index in [2.05, 4.69) is 36.6 Å². The number of hydrogen-bond acceptors (Lipinski definition) is 3. The lowest BCUT2D eigenvalue weighted by atomic mass is 10.0. The van der Waals surface area contributed by atoms with Gasteiger partial charge < -0.3 is 9.30 Å². The van der Waals surface area contributed by atoms with Crippen LogP contribution in [0.5, 0.6) is 0 Å². The van der Waals surface area contributed by atoms with Gasteiger partial charge in [-0.2, -0.15) is 0 Å². The van der Waals surface area contributed by atoms with E-state index in [9.17, 15) is 9.59 Å². The molecule has 0 saturated heterocycles. The topological polar surface area (TPSA) is 51.5 Å². The van der Waals surface area contributed by atoms with Crippen LogP contribution in [0.3, 0.4) is 0 Å². The molecule has 1 aliphatic heterocycles. The SMILES string of the molecule is COC(=O)C1=C(C)N(c2cccc(C)c2)C(=O)/C1=C\c1cc(C)n(-c2cc(C)cc(C)c2)c1C. The Morgan fingerprint density at radius 1 is 0.853 bits per heavy atom. The van der Waals surface area contributed by atoms with Gasteiger partial charge in [0.05, 0.1) is 18.3 Å². The first-order chi connectivity index (χ1) is 16.1. The van der Waals surface area contributed by atoms with E-state index in [-0.39, 0.29) is 5.91 Å². The van der Waals surface area contributed by atoms with Crippen LogP contribution in [0.15, 0.2) is 65.4 Å². The number of nitrogens with zero attached hydrogens (tertiary/aromatic N) is 2. The van der Waals surface area contributed by atoms with Crippen molar-refractivity contribution in [3.05, 3.63) is 99.0 Å². The van der Waals surface area contributed by atoms with E-state index < -0.39 is 5.97 Å². The van der Waals surface area contributed by atoms with Gasteiger partial charge in [0.15, 0.2) is 0 Å². The molecule has 34 heavy (non-hydrogen) atoms. The molecule has 2 aromatic carbocycles. The molecule has 0 fully saturated rings. The fourth-order valence-electron chi connectivity index (χ4n) is 4.82. The van der Waals surface area contributed by atoms with Gasteiger partial charge in [-0.1, -0.05) is 18.2 Å². The molecule has 0 radical (unpaired) electrons. The highest BCUT2D eigenvalue weighted by molar-refractivity contribution is 6.23. The number of rotatable bonds is 4. The van der Waals surface area contributed by atoms with Crippen molar-refractivity contribution < 1.29 is 14.3 Å². The monoisotopic (exact) mass is 454 g/mol. The largest absolute Gasteiger partial charge is 0.465 e. The number of carbonyl (C=O) groups is 2. The fraction of sp³-hybridized carbons (Fsp3) is 0.241. The van der Waals surface area contributed by atoms with Crippen molar-refractivity contribution in [1.82, 2.24) is 4.57 Å². The van der Waals surface area contributed by atoms with Crippen LogP contribution in [0.1, 0.15) is 40.6 Å². The van der Waals surface area contributed by atoms with Crippen molar-refractivity contribution in [3.63, 3.8) is 0 Å². The lowest BCUT2D eigenvalue weighted by Crippen LogP contribution is -2.24. The minimum Gasteiger partial charge on any atom is -0.465 e. The Labute approximate surface area is 201 Å². The standard InChI is InChI=1S/C29H30N2O3/c1-17-9-8-10-24(12-17)31-22(6)27(29(33)34-7)26(28(31)32)16-23-15-20(4)30(21(23)5)25-13-18(2)11-19(3)14-25/h8-16H,1-7H3/b26-16-. The first-order valence-corrected chi connectivity index (χ1v) is 11.3. The molecule has 0 aliphatic carbocycles. The quantitative estimate of drug-likeness (QED) is 0.364. The predicted molar refractivity (Wildman–Crippen MR) is 136 cm³/mol. The molecule has 0 saturated carbocycles. The number of amides is 1. The van der Waals surface area contributed by atoms with E-state index in [0.717, 1.165) is 33.9 Å². The number of benzene rings is 2. The van der Waals surface area contributed by atoms with Gasteiger partial charge in [-0.15, -0.1) is 0 Å². The van der Waals surface area contributed by atoms with Crippen molar-refractivity contribution >= 4 is 23.6 Å². The molecule has 1 aromatic heterocycles. The third kappa shape index (κ3) is 3.98. The van der Waals surface area contributed by atoms with Crippen LogP contribution in [-0.2, 0) is 14.3 Å². The molecular formula is C29H30N2O3. The first kappa shape index (κ1) is 23.3. The molecule has 0 unspecified atom stereocenters. The van der Waals surface area contributed by atoms with Gasteiger partial charge in [-0.05, 0) is 100 Å². The number of methoxy groups -OCH3 is 1. The predicted octanol–water partition coefficient (Wildman–Crippen LogP) is 5.90. The Hall–Kier alpha value is -3.86. The highest BCUT2D eigenvalue weighted by Crippen LogP contribution is 2.36. The summed E-state index contributed by atoms with van der Waals surface area (Å²) in [7, 11) is 1.34. The number of carbonyl (C=O) groups excluding carboxylic acids is 2. The van der Waals surface area contributed by atoms with E-state index in [1.165, 1.54) is 18.2 Å². The van der Waals surface area contributed by atoms with Crippen LogP contribution >= 0.6 is 0 Å². The van der Waals surface area contributed by atoms with E-state index in [0.29, 0.717) is 16.8 Å². The molecule has 0 bridgehead atoms. The average Bonchev–Trinajstić information content (AvgIpc) is 3.18. The van der Waals surface area contributed by atoms with Gasteiger partial charge in [0.1, 0.15) is 0 Å². The van der Waals surface area contributed by atoms with Gasteiger partial charge in [-0.25, -0.2) is 4.79 Å². The molecular weight excluding hydrogens is 424 g/mol. The number of aryl methyl sites for hydroxylation is 4. The highest BCUT2D eigenvalue weighted by atomic mass is 16.5. The Morgan fingerprint density at radius 2 is 1.50 bits per heavy atom. The lowest BCUT2D eigenvalue weighted by Gasteiger charge is -2.18. The van der Waals surface area contributed by atoms with Gasteiger partial charge in [-0.3, -0.25) is 9.69 Å². The van der Waals surface area contributed by atoms with Crippen LogP contribution in [-0.4, -0.2) is 23.6 Å². The summed E-state index contributed by atoms with van der Waals surface area (Å²) in [6.45, 7) is 12.0. The van der Waals surface area contributed by atoms with E-state index in [1.54, 1.807) is 11.8 Å². The minimum absolute atomic E-state index is 0.236. The molecule has 3 aromatic rings. The Morgan fingerprint density at radius 3 is 2.12 bits per heavy atom. The zero-order valence-corrected chi connectivity index (χ0v) is 20.8. The van der Waals surface area contributed by atoms with Gasteiger partial charge >= 0.3 is 5.97 Å². The molecule has 174 valence electrons. The van der Waals surface area contributed by atoms with E-state index in [4.69, 9.17) is 4.74 Å². The Balaban J connectivity index is 1.86. The number of hydrogen-bond donors (Lipinski definition) is 0. The van der Waals surface area contributed by atoms with Crippen molar-refractivity contribution in [1.29, 1.82) is 0 Å². The summed E-state index contributed by atoms with van der Waals surface area (Å²) in [4.78, 5) is 28.0. The highest BCUT2D eigenvalue weighted by Gasteiger charge is 2.38. The molecule has 5 heteroatoms. The summed E-state index contributed by atoms with van der Waals surface area (Å²) in [5.41, 5.74) is 9.36. The molecule has 4 rings (SSSR count). The second-order valence-corrected chi connectivity index (χ2v) is 9.00. The van der Waals surface area contributed by atoms with Gasteiger partial charge in [0.2, 0.25) is 0 Å². The van der Waals surface area contributed by atoms with Crippen LogP contribution in [0, 0.1) is 34.6 Å². The van der Waals surface area contributed by atoms with Crippen LogP contribution in [0.25, 0.3) is 11.8 Å². The molecule has 1 amide bonds. The maximum Gasteiger partial charge on any atom is 0.340 e. The summed E-state index contributed by atoms with van der Waals surface area (Å²) < 4.78 is 7.24. The van der Waals surface area contributed by atoms with Crippen molar-refractivity contribution in [2.24, 2.45) is 0 Å². The third-order valence-corrected chi connectivity index (χ3v) is 6.28. The zero-order chi connectivity index (χ0) is 24.7. The molecule has 0 N–H and O–H groups in total. The van der Waals surface area contributed by atoms with Crippen LogP contribution in [0.4, 0.5) is 5.69 Å². The smallest absolute Gasteiger partial charge is 0.340 e. The second kappa shape index (κ2) is 8.82. The number of allylic oxidation sites excluding steroid dienone is 1. The van der Waals surface area contributed by atoms with Crippen LogP contribution < -0.4 is 4.90 Å². The first-order valence-electron chi connectivity index (χ1n) is 11.3. The van der Waals surface area contributed by atoms with Gasteiger partial charge in [0, 0.05) is 28.5 Å². The van der Waals surface area contributed by atoms with E-state index >= 15 is 0 Å². The Bertz CT molecular complexity index is 1370. The number of ether oxygens (including phenoxy) is 1. The molecule has 2 heterocycles. The fourth-order valence-corrected chi connectivity index (χ4v) is 4.82. The van der Waals surface area contributed by atoms with Crippen molar-refractivity contribution in [3.8, 4) is 5.69 Å². The maximum atomic E-state index is 13.6. The molecule has 5 nitrogen and oxygen atoms in total. The average molecular weight is 455 g/mol. The second-order valence-electron chi connectivity index (χ2n) is 9.00. The minimum atomic E-state index is -0.518. The zero-order valence-electron chi connectivity index (χ0n) is 20.8. The lowest BCUT2D eigenvalue weighted by molar-refractivity contribution is -0.136. The van der Waals surface area contributed by atoms with Crippen LogP contribution in [0.2, 0.25) is 0 Å². The number of esters is 1. The summed E-state index contributed by atoms with van der Waals surface area (Å²) >= 11 is 0. The third-order valence-electron chi connectivity index (χ3n) is 6.28. The van der Waals surface area contributed by atoms with Crippen molar-refractivity contribution in [2.75, 3.05) is 12.0 Å². The summed E-state index contributed by atoms with van der Waals surface area (Å²) in [5.74, 6) is -0.755. The molecule has 0 atom stereocenters. The summed E-state index contributed by atoms with van der Waals surface area (Å²) in [6.07, 6.45) is 1.81. The summed E-state index contributed by atoms with van der Waals surface area (Å²) in [6, 6.07) is 16.2. The van der Waals surface area contributed by atoms with Crippen molar-refractivity contribution in [2.45, 2.75) is 41.5 Å². The number of aromatic nitrogens is 1. The normalized spacial score (nSPS) is 15.0. The molecule has 1 aliphatic rings. The summed E-state index contributed by atoms with van der Waals surface area (Å²) in [5, 5.41) is 0.